The largest absolute Gasteiger partial charge is 0.496 e. The van der Waals surface area contributed by atoms with Gasteiger partial charge in [-0.05, 0) is 24.1 Å². The van der Waals surface area contributed by atoms with Crippen LogP contribution in [0.3, 0.4) is 0 Å². The third-order valence-corrected chi connectivity index (χ3v) is 4.24. The van der Waals surface area contributed by atoms with Gasteiger partial charge in [0.25, 0.3) is 5.91 Å². The zero-order chi connectivity index (χ0) is 20.6. The standard InChI is InChI=1S/C22H20FNO5/c1-27-19-9-5-3-6-15(19)10-11-24-22(26)20-12-18(25)21(14-29-20)28-13-16-7-2-4-8-17(16)23/h2-9,12,14H,10-11,13H2,1H3,(H,24,26). The molecule has 0 atom stereocenters. The van der Waals surface area contributed by atoms with Crippen molar-refractivity contribution < 1.29 is 23.1 Å². The Morgan fingerprint density at radius 1 is 1.07 bits per heavy atom. The van der Waals surface area contributed by atoms with Crippen molar-refractivity contribution in [1.82, 2.24) is 5.32 Å². The van der Waals surface area contributed by atoms with Gasteiger partial charge in [-0.25, -0.2) is 4.39 Å². The molecular weight excluding hydrogens is 377 g/mol. The summed E-state index contributed by atoms with van der Waals surface area (Å²) in [5.74, 6) is -0.433. The van der Waals surface area contributed by atoms with Crippen LogP contribution in [0.25, 0.3) is 0 Å². The third kappa shape index (κ3) is 5.22. The van der Waals surface area contributed by atoms with E-state index in [-0.39, 0.29) is 18.1 Å². The zero-order valence-electron chi connectivity index (χ0n) is 15.8. The summed E-state index contributed by atoms with van der Waals surface area (Å²) < 4.78 is 29.4. The highest BCUT2D eigenvalue weighted by atomic mass is 19.1. The molecule has 0 aliphatic carbocycles. The normalized spacial score (nSPS) is 10.4. The quantitative estimate of drug-likeness (QED) is 0.631. The van der Waals surface area contributed by atoms with Crippen LogP contribution in [0.2, 0.25) is 0 Å². The number of hydrogen-bond donors (Lipinski definition) is 1. The van der Waals surface area contributed by atoms with E-state index in [9.17, 15) is 14.0 Å². The average molecular weight is 397 g/mol. The van der Waals surface area contributed by atoms with Gasteiger partial charge in [0.1, 0.15) is 24.4 Å². The highest BCUT2D eigenvalue weighted by Gasteiger charge is 2.13. The molecule has 0 saturated carbocycles. The van der Waals surface area contributed by atoms with Crippen LogP contribution in [0.1, 0.15) is 21.7 Å². The third-order valence-electron chi connectivity index (χ3n) is 4.24. The van der Waals surface area contributed by atoms with E-state index in [1.807, 2.05) is 24.3 Å². The van der Waals surface area contributed by atoms with Gasteiger partial charge in [-0.15, -0.1) is 0 Å². The van der Waals surface area contributed by atoms with E-state index in [2.05, 4.69) is 5.32 Å². The molecule has 0 bridgehead atoms. The average Bonchev–Trinajstić information content (AvgIpc) is 2.74. The Morgan fingerprint density at radius 3 is 2.52 bits per heavy atom. The molecule has 29 heavy (non-hydrogen) atoms. The van der Waals surface area contributed by atoms with Gasteiger partial charge in [-0.3, -0.25) is 9.59 Å². The molecule has 0 aliphatic heterocycles. The number of rotatable bonds is 8. The lowest BCUT2D eigenvalue weighted by atomic mass is 10.1. The molecule has 0 radical (unpaired) electrons. The van der Waals surface area contributed by atoms with Crippen LogP contribution in [-0.2, 0) is 13.0 Å². The van der Waals surface area contributed by atoms with Crippen LogP contribution in [0.15, 0.2) is 70.1 Å². The number of hydrogen-bond acceptors (Lipinski definition) is 5. The lowest BCUT2D eigenvalue weighted by Crippen LogP contribution is -2.26. The highest BCUT2D eigenvalue weighted by molar-refractivity contribution is 5.91. The minimum Gasteiger partial charge on any atom is -0.496 e. The highest BCUT2D eigenvalue weighted by Crippen LogP contribution is 2.17. The monoisotopic (exact) mass is 397 g/mol. The zero-order valence-corrected chi connectivity index (χ0v) is 15.8. The summed E-state index contributed by atoms with van der Waals surface area (Å²) in [5.41, 5.74) is 0.737. The SMILES string of the molecule is COc1ccccc1CCNC(=O)c1cc(=O)c(OCc2ccccc2F)co1. The van der Waals surface area contributed by atoms with Crippen molar-refractivity contribution in [3.05, 3.63) is 93.8 Å². The van der Waals surface area contributed by atoms with Crippen LogP contribution in [0.5, 0.6) is 11.5 Å². The topological polar surface area (TPSA) is 77.8 Å². The molecule has 6 nitrogen and oxygen atoms in total. The first-order valence-electron chi connectivity index (χ1n) is 8.97. The minimum atomic E-state index is -0.525. The molecular formula is C22H20FNO5. The Kier molecular flexibility index (Phi) is 6.63. The first-order valence-corrected chi connectivity index (χ1v) is 8.97. The molecule has 2 aromatic carbocycles. The second kappa shape index (κ2) is 9.54. The van der Waals surface area contributed by atoms with E-state index in [4.69, 9.17) is 13.9 Å². The van der Waals surface area contributed by atoms with Gasteiger partial charge in [-0.2, -0.15) is 0 Å². The fraction of sp³-hybridized carbons (Fsp3) is 0.182. The van der Waals surface area contributed by atoms with Gasteiger partial charge in [0, 0.05) is 18.2 Å². The molecule has 0 aliphatic rings. The Balaban J connectivity index is 1.57. The van der Waals surface area contributed by atoms with Crippen LogP contribution < -0.4 is 20.2 Å². The lowest BCUT2D eigenvalue weighted by molar-refractivity contribution is 0.0923. The number of carbonyl (C=O) groups is 1. The number of para-hydroxylation sites is 1. The molecule has 1 N–H and O–H groups in total. The van der Waals surface area contributed by atoms with Gasteiger partial charge in [0.05, 0.1) is 7.11 Å². The van der Waals surface area contributed by atoms with Gasteiger partial charge in [0.2, 0.25) is 11.2 Å². The van der Waals surface area contributed by atoms with Gasteiger partial charge >= 0.3 is 0 Å². The van der Waals surface area contributed by atoms with Crippen LogP contribution in [0, 0.1) is 5.82 Å². The molecule has 3 rings (SSSR count). The predicted molar refractivity (Wildman–Crippen MR) is 105 cm³/mol. The summed E-state index contributed by atoms with van der Waals surface area (Å²) in [6.07, 6.45) is 1.61. The van der Waals surface area contributed by atoms with Gasteiger partial charge < -0.3 is 19.2 Å². The second-order valence-corrected chi connectivity index (χ2v) is 6.17. The number of carbonyl (C=O) groups excluding carboxylic acids is 1. The van der Waals surface area contributed by atoms with Gasteiger partial charge in [0.15, 0.2) is 5.76 Å². The Labute approximate surface area is 166 Å². The number of ether oxygens (including phenoxy) is 2. The molecule has 0 fully saturated rings. The second-order valence-electron chi connectivity index (χ2n) is 6.17. The summed E-state index contributed by atoms with van der Waals surface area (Å²) in [5, 5.41) is 2.69. The summed E-state index contributed by atoms with van der Waals surface area (Å²) in [4.78, 5) is 24.4. The van der Waals surface area contributed by atoms with Crippen molar-refractivity contribution in [2.45, 2.75) is 13.0 Å². The van der Waals surface area contributed by atoms with Gasteiger partial charge in [-0.1, -0.05) is 36.4 Å². The van der Waals surface area contributed by atoms with Crippen LogP contribution in [-0.4, -0.2) is 19.6 Å². The Morgan fingerprint density at radius 2 is 1.79 bits per heavy atom. The van der Waals surface area contributed by atoms with E-state index >= 15 is 0 Å². The van der Waals surface area contributed by atoms with Crippen molar-refractivity contribution >= 4 is 5.91 Å². The molecule has 1 aromatic heterocycles. The number of halogens is 1. The van der Waals surface area contributed by atoms with Crippen molar-refractivity contribution in [2.24, 2.45) is 0 Å². The molecule has 1 amide bonds. The van der Waals surface area contributed by atoms with E-state index < -0.39 is 17.2 Å². The van der Waals surface area contributed by atoms with Crippen molar-refractivity contribution in [3.8, 4) is 11.5 Å². The molecule has 150 valence electrons. The Hall–Kier alpha value is -3.61. The van der Waals surface area contributed by atoms with E-state index in [0.717, 1.165) is 23.6 Å². The molecule has 3 aromatic rings. The van der Waals surface area contributed by atoms with E-state index in [0.29, 0.717) is 18.5 Å². The predicted octanol–water partition coefficient (Wildman–Crippen LogP) is 3.34. The molecule has 1 heterocycles. The van der Waals surface area contributed by atoms with Crippen LogP contribution in [0.4, 0.5) is 4.39 Å². The number of amides is 1. The van der Waals surface area contributed by atoms with Crippen LogP contribution >= 0.6 is 0 Å². The van der Waals surface area contributed by atoms with Crippen molar-refractivity contribution in [3.63, 3.8) is 0 Å². The fourth-order valence-electron chi connectivity index (χ4n) is 2.70. The minimum absolute atomic E-state index is 0.0983. The summed E-state index contributed by atoms with van der Waals surface area (Å²) >= 11 is 0. The first kappa shape index (κ1) is 20.1. The molecule has 0 unspecified atom stereocenters. The number of benzene rings is 2. The first-order chi connectivity index (χ1) is 14.1. The number of methoxy groups -OCH3 is 1. The van der Waals surface area contributed by atoms with Crippen molar-refractivity contribution in [2.75, 3.05) is 13.7 Å². The van der Waals surface area contributed by atoms with E-state index in [1.54, 1.807) is 25.3 Å². The summed E-state index contributed by atoms with van der Waals surface area (Å²) in [7, 11) is 1.59. The Bertz CT molecular complexity index is 1050. The lowest BCUT2D eigenvalue weighted by Gasteiger charge is -2.09. The summed E-state index contributed by atoms with van der Waals surface area (Å²) in [6, 6.07) is 14.7. The smallest absolute Gasteiger partial charge is 0.287 e. The molecule has 0 saturated heterocycles. The number of nitrogens with one attached hydrogen (secondary N) is 1. The maximum atomic E-state index is 13.6. The van der Waals surface area contributed by atoms with E-state index in [1.165, 1.54) is 6.07 Å². The maximum absolute atomic E-state index is 13.6. The van der Waals surface area contributed by atoms with Crippen molar-refractivity contribution in [1.29, 1.82) is 0 Å². The summed E-state index contributed by atoms with van der Waals surface area (Å²) in [6.45, 7) is 0.219. The fourth-order valence-corrected chi connectivity index (χ4v) is 2.70. The molecule has 7 heteroatoms. The molecule has 0 spiro atoms. The maximum Gasteiger partial charge on any atom is 0.287 e.